The molecule has 6 heteroatoms. The fourth-order valence-electron chi connectivity index (χ4n) is 3.14. The van der Waals surface area contributed by atoms with Gasteiger partial charge in [0.25, 0.3) is 0 Å². The van der Waals surface area contributed by atoms with Crippen molar-refractivity contribution in [3.8, 4) is 16.9 Å². The van der Waals surface area contributed by atoms with E-state index in [2.05, 4.69) is 41.3 Å². The highest BCUT2D eigenvalue weighted by atomic mass is 19.1. The van der Waals surface area contributed by atoms with E-state index in [1.54, 1.807) is 24.7 Å². The Bertz CT molecular complexity index is 1070. The van der Waals surface area contributed by atoms with Crippen LogP contribution in [0.15, 0.2) is 73.3 Å². The maximum absolute atomic E-state index is 13.4. The lowest BCUT2D eigenvalue weighted by molar-refractivity contribution is 0.560. The maximum Gasteiger partial charge on any atom is 0.123 e. The molecule has 29 heavy (non-hydrogen) atoms. The number of nitrogens with one attached hydrogen (secondary N) is 1. The Kier molecular flexibility index (Phi) is 5.44. The summed E-state index contributed by atoms with van der Waals surface area (Å²) < 4.78 is 15.3. The Morgan fingerprint density at radius 1 is 1.03 bits per heavy atom. The second kappa shape index (κ2) is 8.32. The Balaban J connectivity index is 1.65. The monoisotopic (exact) mass is 387 g/mol. The number of hydrogen-bond acceptors (Lipinski definition) is 4. The predicted molar refractivity (Wildman–Crippen MR) is 111 cm³/mol. The first kappa shape index (κ1) is 19.0. The summed E-state index contributed by atoms with van der Waals surface area (Å²) in [6.07, 6.45) is 5.30. The molecule has 0 saturated carbocycles. The van der Waals surface area contributed by atoms with Gasteiger partial charge >= 0.3 is 0 Å². The van der Waals surface area contributed by atoms with Crippen LogP contribution in [0.3, 0.4) is 0 Å². The van der Waals surface area contributed by atoms with Gasteiger partial charge in [0.05, 0.1) is 17.1 Å². The topological polar surface area (TPSA) is 55.6 Å². The van der Waals surface area contributed by atoms with Crippen molar-refractivity contribution in [1.29, 1.82) is 0 Å². The second-order valence-electron chi connectivity index (χ2n) is 7.03. The highest BCUT2D eigenvalue weighted by molar-refractivity contribution is 5.63. The Morgan fingerprint density at radius 2 is 1.79 bits per heavy atom. The van der Waals surface area contributed by atoms with Crippen molar-refractivity contribution >= 4 is 0 Å². The van der Waals surface area contributed by atoms with Gasteiger partial charge in [-0.3, -0.25) is 0 Å². The molecule has 0 aliphatic carbocycles. The molecule has 0 saturated heterocycles. The van der Waals surface area contributed by atoms with E-state index < -0.39 is 0 Å². The van der Waals surface area contributed by atoms with Crippen molar-refractivity contribution in [3.63, 3.8) is 0 Å². The molecule has 2 aromatic carbocycles. The number of halogens is 1. The zero-order valence-corrected chi connectivity index (χ0v) is 16.4. The zero-order valence-electron chi connectivity index (χ0n) is 16.4. The Morgan fingerprint density at radius 3 is 2.48 bits per heavy atom. The number of hydrogen-bond donors (Lipinski definition) is 1. The molecule has 0 aliphatic rings. The van der Waals surface area contributed by atoms with Crippen LogP contribution < -0.4 is 5.32 Å². The molecular formula is C23H22FN5. The van der Waals surface area contributed by atoms with Gasteiger partial charge in [-0.15, -0.1) is 0 Å². The molecule has 0 radical (unpaired) electrons. The highest BCUT2D eigenvalue weighted by Crippen LogP contribution is 2.25. The molecule has 1 atom stereocenters. The van der Waals surface area contributed by atoms with Crippen molar-refractivity contribution in [1.82, 2.24) is 25.1 Å². The van der Waals surface area contributed by atoms with E-state index in [4.69, 9.17) is 5.10 Å². The molecule has 146 valence electrons. The first-order valence-corrected chi connectivity index (χ1v) is 9.51. The van der Waals surface area contributed by atoms with E-state index in [1.165, 1.54) is 17.7 Å². The number of nitrogens with zero attached hydrogens (tertiary/aromatic N) is 4. The molecule has 4 rings (SSSR count). The Labute approximate surface area is 169 Å². The predicted octanol–water partition coefficient (Wildman–Crippen LogP) is 4.63. The second-order valence-corrected chi connectivity index (χ2v) is 7.03. The van der Waals surface area contributed by atoms with Gasteiger partial charge in [0.1, 0.15) is 12.1 Å². The van der Waals surface area contributed by atoms with Crippen molar-refractivity contribution in [2.45, 2.75) is 26.4 Å². The average Bonchev–Trinajstić information content (AvgIpc) is 3.18. The van der Waals surface area contributed by atoms with Crippen LogP contribution in [0.2, 0.25) is 0 Å². The molecular weight excluding hydrogens is 365 g/mol. The minimum atomic E-state index is -0.260. The molecule has 1 N–H and O–H groups in total. The van der Waals surface area contributed by atoms with E-state index in [0.29, 0.717) is 6.54 Å². The molecule has 2 heterocycles. The summed E-state index contributed by atoms with van der Waals surface area (Å²) >= 11 is 0. The van der Waals surface area contributed by atoms with Crippen LogP contribution in [0.25, 0.3) is 16.9 Å². The molecule has 0 unspecified atom stereocenters. The summed E-state index contributed by atoms with van der Waals surface area (Å²) in [5, 5.41) is 8.28. The fourth-order valence-corrected chi connectivity index (χ4v) is 3.14. The van der Waals surface area contributed by atoms with Crippen LogP contribution in [0.5, 0.6) is 0 Å². The van der Waals surface area contributed by atoms with E-state index in [1.807, 2.05) is 29.1 Å². The van der Waals surface area contributed by atoms with E-state index in [0.717, 1.165) is 28.2 Å². The van der Waals surface area contributed by atoms with Crippen molar-refractivity contribution < 1.29 is 4.39 Å². The van der Waals surface area contributed by atoms with E-state index in [-0.39, 0.29) is 11.9 Å². The molecule has 4 aromatic rings. The molecule has 0 amide bonds. The SMILES string of the molecule is Cc1ccc(-n2cc(CN[C@H](C)c3ccncn3)c(-c3ccc(F)cc3)n2)cc1. The number of aromatic nitrogens is 4. The van der Waals surface area contributed by atoms with Gasteiger partial charge in [-0.05, 0) is 56.3 Å². The summed E-state index contributed by atoms with van der Waals surface area (Å²) in [7, 11) is 0. The lowest BCUT2D eigenvalue weighted by Crippen LogP contribution is -2.19. The van der Waals surface area contributed by atoms with Gasteiger partial charge in [-0.25, -0.2) is 19.0 Å². The number of benzene rings is 2. The van der Waals surface area contributed by atoms with Gasteiger partial charge in [-0.1, -0.05) is 17.7 Å². The van der Waals surface area contributed by atoms with Crippen LogP contribution in [0.1, 0.15) is 29.8 Å². The van der Waals surface area contributed by atoms with E-state index >= 15 is 0 Å². The first-order chi connectivity index (χ1) is 14.1. The molecule has 0 fully saturated rings. The van der Waals surface area contributed by atoms with Crippen LogP contribution in [0, 0.1) is 12.7 Å². The third kappa shape index (κ3) is 4.38. The third-order valence-corrected chi connectivity index (χ3v) is 4.85. The molecule has 0 bridgehead atoms. The minimum Gasteiger partial charge on any atom is -0.305 e. The molecule has 5 nitrogen and oxygen atoms in total. The third-order valence-electron chi connectivity index (χ3n) is 4.85. The van der Waals surface area contributed by atoms with Crippen LogP contribution in [-0.2, 0) is 6.54 Å². The number of rotatable bonds is 6. The lowest BCUT2D eigenvalue weighted by atomic mass is 10.1. The van der Waals surface area contributed by atoms with Crippen LogP contribution in [-0.4, -0.2) is 19.7 Å². The normalized spacial score (nSPS) is 12.1. The minimum absolute atomic E-state index is 0.0572. The summed E-state index contributed by atoms with van der Waals surface area (Å²) in [6.45, 7) is 4.72. The largest absolute Gasteiger partial charge is 0.305 e. The van der Waals surface area contributed by atoms with Crippen molar-refractivity contribution in [2.75, 3.05) is 0 Å². The molecule has 0 spiro atoms. The van der Waals surface area contributed by atoms with Gasteiger partial charge in [0.2, 0.25) is 0 Å². The first-order valence-electron chi connectivity index (χ1n) is 9.51. The Hall–Kier alpha value is -3.38. The van der Waals surface area contributed by atoms with Crippen molar-refractivity contribution in [2.24, 2.45) is 0 Å². The van der Waals surface area contributed by atoms with Crippen LogP contribution in [0.4, 0.5) is 4.39 Å². The summed E-state index contributed by atoms with van der Waals surface area (Å²) in [5.74, 6) is -0.260. The summed E-state index contributed by atoms with van der Waals surface area (Å²) in [4.78, 5) is 8.27. The molecule has 0 aliphatic heterocycles. The van der Waals surface area contributed by atoms with Gasteiger partial charge in [-0.2, -0.15) is 5.10 Å². The van der Waals surface area contributed by atoms with Crippen LogP contribution >= 0.6 is 0 Å². The smallest absolute Gasteiger partial charge is 0.123 e. The molecule has 2 aromatic heterocycles. The van der Waals surface area contributed by atoms with Gasteiger partial charge in [0, 0.05) is 36.1 Å². The van der Waals surface area contributed by atoms with Gasteiger partial charge in [0.15, 0.2) is 0 Å². The standard InChI is InChI=1S/C23H22FN5/c1-16-3-9-21(10-4-16)29-14-19(13-26-17(2)22-11-12-25-15-27-22)23(28-29)18-5-7-20(24)8-6-18/h3-12,14-15,17,26H,13H2,1-2H3/t17-/m1/s1. The van der Waals surface area contributed by atoms with Gasteiger partial charge < -0.3 is 5.32 Å². The summed E-state index contributed by atoms with van der Waals surface area (Å²) in [6, 6.07) is 16.6. The fraction of sp³-hybridized carbons (Fsp3) is 0.174. The van der Waals surface area contributed by atoms with Crippen molar-refractivity contribution in [3.05, 3.63) is 96.0 Å². The zero-order chi connectivity index (χ0) is 20.2. The van der Waals surface area contributed by atoms with E-state index in [9.17, 15) is 4.39 Å². The average molecular weight is 387 g/mol. The summed E-state index contributed by atoms with van der Waals surface area (Å²) in [5.41, 5.74) is 5.83. The number of aryl methyl sites for hydroxylation is 1. The maximum atomic E-state index is 13.4. The quantitative estimate of drug-likeness (QED) is 0.524. The highest BCUT2D eigenvalue weighted by Gasteiger charge is 2.14. The lowest BCUT2D eigenvalue weighted by Gasteiger charge is -2.12.